The van der Waals surface area contributed by atoms with Crippen LogP contribution in [0, 0.1) is 0 Å². The Morgan fingerprint density at radius 3 is 1.39 bits per heavy atom. The fourth-order valence-electron chi connectivity index (χ4n) is 0.644. The Bertz CT molecular complexity index is 272. The highest BCUT2D eigenvalue weighted by Crippen LogP contribution is 1.94. The first kappa shape index (κ1) is 18.7. The molecule has 0 heterocycles. The number of amides is 2. The standard InChI is InChI=1S/C8H12N2O3.C4H10O/c1-5(7(9)11)3-13-4-6(2)8(10)12;1-3-5-4-2/h1-4H2,(H2,9,11)(H2,10,12);3-4H2,1-2H3. The zero-order valence-corrected chi connectivity index (χ0v) is 11.0. The van der Waals surface area contributed by atoms with Gasteiger partial charge in [0.25, 0.3) is 0 Å². The third kappa shape index (κ3) is 12.4. The summed E-state index contributed by atoms with van der Waals surface area (Å²) in [6.07, 6.45) is 0. The molecule has 0 fully saturated rings. The first-order chi connectivity index (χ1) is 8.36. The monoisotopic (exact) mass is 258 g/mol. The van der Waals surface area contributed by atoms with Gasteiger partial charge in [0.15, 0.2) is 0 Å². The minimum atomic E-state index is -0.635. The summed E-state index contributed by atoms with van der Waals surface area (Å²) in [5.74, 6) is -1.27. The van der Waals surface area contributed by atoms with Crippen LogP contribution in [0.2, 0.25) is 0 Å². The van der Waals surface area contributed by atoms with Crippen molar-refractivity contribution in [3.8, 4) is 0 Å². The lowest BCUT2D eigenvalue weighted by molar-refractivity contribution is -0.115. The Labute approximate surface area is 108 Å². The molecule has 0 aromatic heterocycles. The van der Waals surface area contributed by atoms with Gasteiger partial charge in [-0.15, -0.1) is 0 Å². The number of nitrogens with two attached hydrogens (primary N) is 2. The Morgan fingerprint density at radius 1 is 0.889 bits per heavy atom. The van der Waals surface area contributed by atoms with Crippen molar-refractivity contribution in [1.82, 2.24) is 0 Å². The molecule has 0 saturated carbocycles. The number of carbonyl (C=O) groups excluding carboxylic acids is 2. The molecule has 0 bridgehead atoms. The van der Waals surface area contributed by atoms with Crippen LogP contribution in [0.5, 0.6) is 0 Å². The normalized spacial score (nSPS) is 9.00. The summed E-state index contributed by atoms with van der Waals surface area (Å²) in [6, 6.07) is 0. The van der Waals surface area contributed by atoms with Crippen molar-refractivity contribution in [2.75, 3.05) is 26.4 Å². The number of carbonyl (C=O) groups is 2. The van der Waals surface area contributed by atoms with Crippen LogP contribution in [-0.4, -0.2) is 38.2 Å². The molecule has 2 amide bonds. The molecular weight excluding hydrogens is 236 g/mol. The minimum Gasteiger partial charge on any atom is -0.382 e. The Morgan fingerprint density at radius 2 is 1.22 bits per heavy atom. The molecule has 4 N–H and O–H groups in total. The van der Waals surface area contributed by atoms with Crippen molar-refractivity contribution in [2.24, 2.45) is 11.5 Å². The molecule has 0 atom stereocenters. The lowest BCUT2D eigenvalue weighted by Crippen LogP contribution is -2.20. The number of ether oxygens (including phenoxy) is 2. The second kappa shape index (κ2) is 11.8. The van der Waals surface area contributed by atoms with E-state index in [0.29, 0.717) is 0 Å². The molecule has 0 aromatic carbocycles. The van der Waals surface area contributed by atoms with E-state index < -0.39 is 11.8 Å². The Kier molecular flexibility index (Phi) is 12.3. The Balaban J connectivity index is 0. The zero-order chi connectivity index (χ0) is 14.6. The Hall–Kier alpha value is -1.66. The maximum Gasteiger partial charge on any atom is 0.246 e. The maximum absolute atomic E-state index is 10.4. The summed E-state index contributed by atoms with van der Waals surface area (Å²) in [5.41, 5.74) is 10.0. The smallest absolute Gasteiger partial charge is 0.246 e. The van der Waals surface area contributed by atoms with Gasteiger partial charge in [0.2, 0.25) is 11.8 Å². The van der Waals surface area contributed by atoms with E-state index in [-0.39, 0.29) is 24.4 Å². The van der Waals surface area contributed by atoms with Gasteiger partial charge in [-0.25, -0.2) is 0 Å². The molecule has 6 heteroatoms. The van der Waals surface area contributed by atoms with Gasteiger partial charge < -0.3 is 20.9 Å². The van der Waals surface area contributed by atoms with Crippen molar-refractivity contribution >= 4 is 11.8 Å². The SMILES string of the molecule is C=C(COCC(=C)C(N)=O)C(N)=O.CCOCC. The van der Waals surface area contributed by atoms with Crippen LogP contribution in [-0.2, 0) is 19.1 Å². The second-order valence-corrected chi connectivity index (χ2v) is 3.21. The molecule has 0 spiro atoms. The topological polar surface area (TPSA) is 105 Å². The third-order valence-electron chi connectivity index (χ3n) is 1.66. The molecule has 0 saturated heterocycles. The van der Waals surface area contributed by atoms with E-state index in [1.54, 1.807) is 0 Å². The fourth-order valence-corrected chi connectivity index (χ4v) is 0.644. The molecule has 0 unspecified atom stereocenters. The summed E-state index contributed by atoms with van der Waals surface area (Å²) in [4.78, 5) is 20.9. The molecule has 6 nitrogen and oxygen atoms in total. The summed E-state index contributed by atoms with van der Waals surface area (Å²) in [5, 5.41) is 0. The number of primary amides is 2. The van der Waals surface area contributed by atoms with Crippen LogP contribution >= 0.6 is 0 Å². The van der Waals surface area contributed by atoms with Crippen LogP contribution in [0.3, 0.4) is 0 Å². The van der Waals surface area contributed by atoms with Gasteiger partial charge in [-0.3, -0.25) is 9.59 Å². The van der Waals surface area contributed by atoms with E-state index in [9.17, 15) is 9.59 Å². The molecule has 0 rings (SSSR count). The number of hydrogen-bond acceptors (Lipinski definition) is 4. The van der Waals surface area contributed by atoms with E-state index in [0.717, 1.165) is 13.2 Å². The van der Waals surface area contributed by atoms with Crippen LogP contribution in [0.1, 0.15) is 13.8 Å². The minimum absolute atomic E-state index is 0.0262. The van der Waals surface area contributed by atoms with Gasteiger partial charge in [0.1, 0.15) is 0 Å². The van der Waals surface area contributed by atoms with E-state index in [1.807, 2.05) is 13.8 Å². The summed E-state index contributed by atoms with van der Waals surface area (Å²) < 4.78 is 9.71. The average molecular weight is 258 g/mol. The van der Waals surface area contributed by atoms with Gasteiger partial charge in [-0.2, -0.15) is 0 Å². The summed E-state index contributed by atoms with van der Waals surface area (Å²) in [7, 11) is 0. The first-order valence-electron chi connectivity index (χ1n) is 5.47. The van der Waals surface area contributed by atoms with Gasteiger partial charge >= 0.3 is 0 Å². The van der Waals surface area contributed by atoms with Crippen molar-refractivity contribution in [2.45, 2.75) is 13.8 Å². The molecule has 104 valence electrons. The fraction of sp³-hybridized carbons (Fsp3) is 0.500. The summed E-state index contributed by atoms with van der Waals surface area (Å²) in [6.45, 7) is 12.3. The van der Waals surface area contributed by atoms with Crippen LogP contribution in [0.25, 0.3) is 0 Å². The largest absolute Gasteiger partial charge is 0.382 e. The quantitative estimate of drug-likeness (QED) is 0.604. The van der Waals surface area contributed by atoms with E-state index in [2.05, 4.69) is 13.2 Å². The number of rotatable bonds is 8. The van der Waals surface area contributed by atoms with Crippen molar-refractivity contribution in [3.63, 3.8) is 0 Å². The number of hydrogen-bond donors (Lipinski definition) is 2. The molecule has 0 aliphatic rings. The van der Waals surface area contributed by atoms with E-state index in [1.165, 1.54) is 0 Å². The molecule has 0 aliphatic heterocycles. The van der Waals surface area contributed by atoms with Crippen LogP contribution < -0.4 is 11.5 Å². The lowest BCUT2D eigenvalue weighted by Gasteiger charge is -2.03. The van der Waals surface area contributed by atoms with Crippen LogP contribution in [0.15, 0.2) is 24.3 Å². The van der Waals surface area contributed by atoms with Gasteiger partial charge in [-0.05, 0) is 13.8 Å². The first-order valence-corrected chi connectivity index (χ1v) is 5.47. The predicted octanol–water partition coefficient (Wildman–Crippen LogP) is 0.129. The zero-order valence-electron chi connectivity index (χ0n) is 11.0. The van der Waals surface area contributed by atoms with E-state index >= 15 is 0 Å². The van der Waals surface area contributed by atoms with Crippen LogP contribution in [0.4, 0.5) is 0 Å². The highest BCUT2D eigenvalue weighted by Gasteiger charge is 2.04. The predicted molar refractivity (Wildman–Crippen MR) is 69.7 cm³/mol. The van der Waals surface area contributed by atoms with Crippen molar-refractivity contribution in [3.05, 3.63) is 24.3 Å². The third-order valence-corrected chi connectivity index (χ3v) is 1.66. The highest BCUT2D eigenvalue weighted by atomic mass is 16.5. The molecular formula is C12H22N2O4. The second-order valence-electron chi connectivity index (χ2n) is 3.21. The van der Waals surface area contributed by atoms with Gasteiger partial charge in [0.05, 0.1) is 13.2 Å². The van der Waals surface area contributed by atoms with E-state index in [4.69, 9.17) is 20.9 Å². The molecule has 0 radical (unpaired) electrons. The van der Waals surface area contributed by atoms with Gasteiger partial charge in [-0.1, -0.05) is 13.2 Å². The lowest BCUT2D eigenvalue weighted by atomic mass is 10.3. The van der Waals surface area contributed by atoms with Crippen molar-refractivity contribution in [1.29, 1.82) is 0 Å². The molecule has 18 heavy (non-hydrogen) atoms. The van der Waals surface area contributed by atoms with Gasteiger partial charge in [0, 0.05) is 24.4 Å². The van der Waals surface area contributed by atoms with Crippen molar-refractivity contribution < 1.29 is 19.1 Å². The maximum atomic E-state index is 10.4. The average Bonchev–Trinajstić information content (AvgIpc) is 2.30. The highest BCUT2D eigenvalue weighted by molar-refractivity contribution is 5.92. The molecule has 0 aliphatic carbocycles. The molecule has 0 aromatic rings. The summed E-state index contributed by atoms with van der Waals surface area (Å²) >= 11 is 0.